The summed E-state index contributed by atoms with van der Waals surface area (Å²) in [6, 6.07) is 5.13. The summed E-state index contributed by atoms with van der Waals surface area (Å²) in [5.41, 5.74) is 1.52. The molecule has 142 valence electrons. The van der Waals surface area contributed by atoms with Gasteiger partial charge in [-0.05, 0) is 57.0 Å². The number of carbonyl (C=O) groups excluding carboxylic acids is 1. The number of H-pyrrole nitrogens is 1. The second-order valence-corrected chi connectivity index (χ2v) is 7.88. The highest BCUT2D eigenvalue weighted by Crippen LogP contribution is 2.27. The molecule has 27 heavy (non-hydrogen) atoms. The predicted molar refractivity (Wildman–Crippen MR) is 106 cm³/mol. The molecule has 1 N–H and O–H groups in total. The van der Waals surface area contributed by atoms with Crippen molar-refractivity contribution in [3.8, 4) is 5.75 Å². The van der Waals surface area contributed by atoms with Crippen LogP contribution in [0.2, 0.25) is 5.02 Å². The van der Waals surface area contributed by atoms with Crippen molar-refractivity contribution >= 4 is 39.1 Å². The number of aryl methyl sites for hydroxylation is 3. The van der Waals surface area contributed by atoms with Gasteiger partial charge in [-0.2, -0.15) is 0 Å². The van der Waals surface area contributed by atoms with Crippen LogP contribution in [0.4, 0.5) is 0 Å². The summed E-state index contributed by atoms with van der Waals surface area (Å²) in [6.45, 7) is 7.08. The Hall–Kier alpha value is -2.38. The maximum atomic E-state index is 12.3. The van der Waals surface area contributed by atoms with Gasteiger partial charge in [-0.15, -0.1) is 11.3 Å². The first-order valence-corrected chi connectivity index (χ1v) is 9.54. The summed E-state index contributed by atoms with van der Waals surface area (Å²) in [5, 5.41) is 1.18. The highest BCUT2D eigenvalue weighted by molar-refractivity contribution is 7.18. The van der Waals surface area contributed by atoms with Gasteiger partial charge in [0.15, 0.2) is 18.5 Å². The molecule has 0 aliphatic carbocycles. The Kier molecular flexibility index (Phi) is 5.53. The van der Waals surface area contributed by atoms with E-state index < -0.39 is 12.1 Å². The molecule has 0 aliphatic heterocycles. The molecule has 0 radical (unpaired) electrons. The molecule has 1 aromatic carbocycles. The summed E-state index contributed by atoms with van der Waals surface area (Å²) in [6.07, 6.45) is -0.702. The third-order valence-corrected chi connectivity index (χ3v) is 5.57. The Balaban J connectivity index is 1.69. The molecule has 2 aromatic heterocycles. The van der Waals surface area contributed by atoms with E-state index in [1.54, 1.807) is 25.1 Å². The van der Waals surface area contributed by atoms with Gasteiger partial charge in [0.1, 0.15) is 10.6 Å². The summed E-state index contributed by atoms with van der Waals surface area (Å²) in [5.74, 6) is 0.310. The standard InChI is InChI=1S/C19H19ClN2O4S/c1-9-7-13(20)5-6-14(9)25-8-15(23)26-11(3)17-21-18(24)16-10(2)12(4)27-19(16)22-17/h5-7,11H,8H2,1-4H3,(H,21,22,24)/t11-/m1/s1. The molecule has 0 amide bonds. The van der Waals surface area contributed by atoms with Crippen LogP contribution in [0.15, 0.2) is 23.0 Å². The lowest BCUT2D eigenvalue weighted by Gasteiger charge is -2.14. The number of fused-ring (bicyclic) bond motifs is 1. The zero-order valence-electron chi connectivity index (χ0n) is 15.4. The Morgan fingerprint density at radius 2 is 2.07 bits per heavy atom. The van der Waals surface area contributed by atoms with E-state index >= 15 is 0 Å². The van der Waals surface area contributed by atoms with Crippen molar-refractivity contribution in [2.75, 3.05) is 6.61 Å². The summed E-state index contributed by atoms with van der Waals surface area (Å²) in [4.78, 5) is 33.3. The molecular weight excluding hydrogens is 388 g/mol. The Morgan fingerprint density at radius 3 is 2.78 bits per heavy atom. The largest absolute Gasteiger partial charge is 0.482 e. The molecule has 0 saturated carbocycles. The van der Waals surface area contributed by atoms with Crippen LogP contribution >= 0.6 is 22.9 Å². The Bertz CT molecular complexity index is 1070. The van der Waals surface area contributed by atoms with Crippen LogP contribution < -0.4 is 10.3 Å². The Morgan fingerprint density at radius 1 is 1.33 bits per heavy atom. The van der Waals surface area contributed by atoms with Crippen LogP contribution in [-0.4, -0.2) is 22.5 Å². The van der Waals surface area contributed by atoms with E-state index in [0.717, 1.165) is 16.0 Å². The predicted octanol–water partition coefficient (Wildman–Crippen LogP) is 4.25. The number of halogens is 1. The van der Waals surface area contributed by atoms with Crippen molar-refractivity contribution in [1.82, 2.24) is 9.97 Å². The van der Waals surface area contributed by atoms with Gasteiger partial charge < -0.3 is 14.5 Å². The van der Waals surface area contributed by atoms with E-state index in [0.29, 0.717) is 26.8 Å². The third-order valence-electron chi connectivity index (χ3n) is 4.23. The maximum Gasteiger partial charge on any atom is 0.344 e. The number of rotatable bonds is 5. The van der Waals surface area contributed by atoms with Crippen molar-refractivity contribution in [2.45, 2.75) is 33.8 Å². The lowest BCUT2D eigenvalue weighted by molar-refractivity contribution is -0.151. The van der Waals surface area contributed by atoms with Crippen molar-refractivity contribution in [3.05, 3.63) is 55.4 Å². The summed E-state index contributed by atoms with van der Waals surface area (Å²) >= 11 is 7.35. The lowest BCUT2D eigenvalue weighted by Crippen LogP contribution is -2.20. The minimum absolute atomic E-state index is 0.229. The van der Waals surface area contributed by atoms with E-state index in [9.17, 15) is 9.59 Å². The fourth-order valence-corrected chi connectivity index (χ4v) is 3.93. The minimum atomic E-state index is -0.702. The molecule has 8 heteroatoms. The molecule has 6 nitrogen and oxygen atoms in total. The molecule has 1 atom stereocenters. The molecule has 0 fully saturated rings. The van der Waals surface area contributed by atoms with Crippen LogP contribution in [0.5, 0.6) is 5.75 Å². The number of aromatic nitrogens is 2. The van der Waals surface area contributed by atoms with E-state index in [2.05, 4.69) is 9.97 Å². The van der Waals surface area contributed by atoms with E-state index in [4.69, 9.17) is 21.1 Å². The van der Waals surface area contributed by atoms with E-state index in [1.807, 2.05) is 20.8 Å². The second kappa shape index (κ2) is 7.70. The molecule has 0 unspecified atom stereocenters. The quantitative estimate of drug-likeness (QED) is 0.640. The maximum absolute atomic E-state index is 12.3. The van der Waals surface area contributed by atoms with E-state index in [1.165, 1.54) is 11.3 Å². The summed E-state index contributed by atoms with van der Waals surface area (Å²) < 4.78 is 10.8. The SMILES string of the molecule is Cc1cc(Cl)ccc1OCC(=O)O[C@H](C)c1nc2sc(C)c(C)c2c(=O)[nH]1. The summed E-state index contributed by atoms with van der Waals surface area (Å²) in [7, 11) is 0. The van der Waals surface area contributed by atoms with Gasteiger partial charge in [0, 0.05) is 9.90 Å². The zero-order chi connectivity index (χ0) is 19.7. The molecule has 0 spiro atoms. The molecule has 3 rings (SSSR count). The van der Waals surface area contributed by atoms with Crippen molar-refractivity contribution in [3.63, 3.8) is 0 Å². The Labute approximate surface area is 165 Å². The smallest absolute Gasteiger partial charge is 0.344 e. The van der Waals surface area contributed by atoms with E-state index in [-0.39, 0.29) is 12.2 Å². The van der Waals surface area contributed by atoms with Crippen LogP contribution in [0.1, 0.15) is 34.9 Å². The van der Waals surface area contributed by atoms with Crippen LogP contribution in [-0.2, 0) is 9.53 Å². The number of aromatic amines is 1. The van der Waals surface area contributed by atoms with Crippen molar-refractivity contribution in [1.29, 1.82) is 0 Å². The van der Waals surface area contributed by atoms with Gasteiger partial charge >= 0.3 is 5.97 Å². The van der Waals surface area contributed by atoms with Gasteiger partial charge in [-0.1, -0.05) is 11.6 Å². The second-order valence-electron chi connectivity index (χ2n) is 6.25. The first-order valence-electron chi connectivity index (χ1n) is 8.34. The molecule has 0 bridgehead atoms. The van der Waals surface area contributed by atoms with Gasteiger partial charge in [0.25, 0.3) is 5.56 Å². The molecule has 0 aliphatic rings. The molecule has 0 saturated heterocycles. The third kappa shape index (κ3) is 4.14. The fraction of sp³-hybridized carbons (Fsp3) is 0.316. The van der Waals surface area contributed by atoms with Gasteiger partial charge in [-0.3, -0.25) is 4.79 Å². The first kappa shape index (κ1) is 19.4. The van der Waals surface area contributed by atoms with Gasteiger partial charge in [0.2, 0.25) is 0 Å². The number of benzene rings is 1. The van der Waals surface area contributed by atoms with Crippen LogP contribution in [0.25, 0.3) is 10.2 Å². The zero-order valence-corrected chi connectivity index (χ0v) is 17.0. The number of carbonyl (C=O) groups is 1. The van der Waals surface area contributed by atoms with Crippen molar-refractivity contribution < 1.29 is 14.3 Å². The number of nitrogens with one attached hydrogen (secondary N) is 1. The lowest BCUT2D eigenvalue weighted by atomic mass is 10.2. The number of nitrogens with zero attached hydrogens (tertiary/aromatic N) is 1. The normalized spacial score (nSPS) is 12.2. The van der Waals surface area contributed by atoms with Crippen molar-refractivity contribution in [2.24, 2.45) is 0 Å². The average Bonchev–Trinajstić information content (AvgIpc) is 2.88. The number of ether oxygens (including phenoxy) is 2. The minimum Gasteiger partial charge on any atom is -0.482 e. The number of thiophene rings is 1. The molecular formula is C19H19ClN2O4S. The first-order chi connectivity index (χ1) is 12.8. The number of hydrogen-bond donors (Lipinski definition) is 1. The van der Waals surface area contributed by atoms with Gasteiger partial charge in [-0.25, -0.2) is 9.78 Å². The molecule has 3 aromatic rings. The highest BCUT2D eigenvalue weighted by Gasteiger charge is 2.18. The van der Waals surface area contributed by atoms with Crippen LogP contribution in [0.3, 0.4) is 0 Å². The number of esters is 1. The van der Waals surface area contributed by atoms with Crippen LogP contribution in [0, 0.1) is 20.8 Å². The highest BCUT2D eigenvalue weighted by atomic mass is 35.5. The topological polar surface area (TPSA) is 81.3 Å². The fourth-order valence-electron chi connectivity index (χ4n) is 2.66. The monoisotopic (exact) mass is 406 g/mol. The number of hydrogen-bond acceptors (Lipinski definition) is 6. The molecule has 2 heterocycles. The average molecular weight is 407 g/mol. The van der Waals surface area contributed by atoms with Gasteiger partial charge in [0.05, 0.1) is 5.39 Å².